The molecule has 2 heterocycles. The van der Waals surface area contributed by atoms with Crippen LogP contribution in [0.5, 0.6) is 0 Å². The zero-order chi connectivity index (χ0) is 11.2. The fourth-order valence-electron chi connectivity index (χ4n) is 1.21. The van der Waals surface area contributed by atoms with E-state index in [2.05, 4.69) is 25.8 Å². The number of thiazole rings is 1. The first-order valence-corrected chi connectivity index (χ1v) is 5.90. The molecular weight excluding hydrogens is 226 g/mol. The summed E-state index contributed by atoms with van der Waals surface area (Å²) < 4.78 is 5.33. The van der Waals surface area contributed by atoms with Gasteiger partial charge in [0.25, 0.3) is 0 Å². The van der Waals surface area contributed by atoms with Gasteiger partial charge in [-0.1, -0.05) is 5.10 Å². The molecule has 86 valence electrons. The van der Waals surface area contributed by atoms with E-state index < -0.39 is 0 Å². The molecule has 0 fully saturated rings. The van der Waals surface area contributed by atoms with Crippen molar-refractivity contribution in [3.63, 3.8) is 0 Å². The van der Waals surface area contributed by atoms with Gasteiger partial charge in [0.1, 0.15) is 0 Å². The summed E-state index contributed by atoms with van der Waals surface area (Å²) in [5.41, 5.74) is 2.90. The molecule has 0 aliphatic rings. The van der Waals surface area contributed by atoms with Crippen LogP contribution >= 0.6 is 11.3 Å². The molecular formula is C9H13N5OS. The average Bonchev–Trinajstić information content (AvgIpc) is 2.90. The van der Waals surface area contributed by atoms with E-state index in [4.69, 9.17) is 4.42 Å². The van der Waals surface area contributed by atoms with E-state index in [1.165, 1.54) is 0 Å². The first-order valence-electron chi connectivity index (χ1n) is 4.96. The van der Waals surface area contributed by atoms with Crippen molar-refractivity contribution in [2.45, 2.75) is 13.0 Å². The van der Waals surface area contributed by atoms with E-state index in [1.54, 1.807) is 11.3 Å². The van der Waals surface area contributed by atoms with Crippen LogP contribution in [0.3, 0.4) is 0 Å². The predicted molar refractivity (Wildman–Crippen MR) is 61.4 cm³/mol. The molecule has 2 aromatic heterocycles. The molecule has 6 nitrogen and oxygen atoms in total. The SMILES string of the molecule is CNCc1nnc(NCCc2cscn2)o1. The molecule has 0 saturated carbocycles. The van der Waals surface area contributed by atoms with Crippen LogP contribution in [0, 0.1) is 0 Å². The van der Waals surface area contributed by atoms with Crippen LogP contribution in [0.2, 0.25) is 0 Å². The number of nitrogens with zero attached hydrogens (tertiary/aromatic N) is 3. The summed E-state index contributed by atoms with van der Waals surface area (Å²) in [6.07, 6.45) is 0.854. The molecule has 7 heteroatoms. The van der Waals surface area contributed by atoms with Crippen LogP contribution in [0.1, 0.15) is 11.6 Å². The summed E-state index contributed by atoms with van der Waals surface area (Å²) in [6.45, 7) is 1.33. The maximum atomic E-state index is 5.33. The molecule has 0 amide bonds. The van der Waals surface area contributed by atoms with E-state index in [9.17, 15) is 0 Å². The van der Waals surface area contributed by atoms with Gasteiger partial charge in [0.05, 0.1) is 17.7 Å². The lowest BCUT2D eigenvalue weighted by Gasteiger charge is -1.98. The Morgan fingerprint density at radius 2 is 2.38 bits per heavy atom. The van der Waals surface area contributed by atoms with Crippen LogP contribution < -0.4 is 10.6 Å². The molecule has 0 bridgehead atoms. The third-order valence-electron chi connectivity index (χ3n) is 1.94. The lowest BCUT2D eigenvalue weighted by molar-refractivity contribution is 0.489. The molecule has 0 spiro atoms. The number of nitrogens with one attached hydrogen (secondary N) is 2. The summed E-state index contributed by atoms with van der Waals surface area (Å²) in [7, 11) is 1.83. The minimum atomic E-state index is 0.459. The molecule has 0 aliphatic heterocycles. The lowest BCUT2D eigenvalue weighted by Crippen LogP contribution is -2.05. The average molecular weight is 239 g/mol. The molecule has 16 heavy (non-hydrogen) atoms. The molecule has 0 aliphatic carbocycles. The predicted octanol–water partition coefficient (Wildman–Crippen LogP) is 0.900. The van der Waals surface area contributed by atoms with Crippen molar-refractivity contribution in [1.29, 1.82) is 0 Å². The van der Waals surface area contributed by atoms with Crippen molar-refractivity contribution >= 4 is 17.4 Å². The van der Waals surface area contributed by atoms with E-state index in [1.807, 2.05) is 17.9 Å². The van der Waals surface area contributed by atoms with Gasteiger partial charge in [0.15, 0.2) is 0 Å². The van der Waals surface area contributed by atoms with E-state index in [0.717, 1.165) is 18.7 Å². The van der Waals surface area contributed by atoms with Gasteiger partial charge in [-0.2, -0.15) is 0 Å². The molecule has 0 atom stereocenters. The standard InChI is InChI=1S/C9H13N5OS/c1-10-4-8-13-14-9(15-8)11-3-2-7-5-16-6-12-7/h5-6,10H,2-4H2,1H3,(H,11,14). The first-order chi connectivity index (χ1) is 7.88. The van der Waals surface area contributed by atoms with Crippen molar-refractivity contribution in [1.82, 2.24) is 20.5 Å². The molecule has 2 rings (SSSR count). The lowest BCUT2D eigenvalue weighted by atomic mass is 10.3. The minimum Gasteiger partial charge on any atom is -0.407 e. The number of hydrogen-bond acceptors (Lipinski definition) is 7. The largest absolute Gasteiger partial charge is 0.407 e. The van der Waals surface area contributed by atoms with Gasteiger partial charge in [-0.05, 0) is 7.05 Å². The van der Waals surface area contributed by atoms with Crippen molar-refractivity contribution < 1.29 is 4.42 Å². The van der Waals surface area contributed by atoms with Crippen LogP contribution in [0.15, 0.2) is 15.3 Å². The van der Waals surface area contributed by atoms with Gasteiger partial charge in [-0.3, -0.25) is 0 Å². The Bertz CT molecular complexity index is 413. The van der Waals surface area contributed by atoms with Crippen molar-refractivity contribution in [3.05, 3.63) is 22.5 Å². The van der Waals surface area contributed by atoms with Crippen LogP contribution in [0.4, 0.5) is 6.01 Å². The van der Waals surface area contributed by atoms with E-state index in [0.29, 0.717) is 18.5 Å². The molecule has 0 saturated heterocycles. The molecule has 0 radical (unpaired) electrons. The highest BCUT2D eigenvalue weighted by atomic mass is 32.1. The second kappa shape index (κ2) is 5.57. The number of aromatic nitrogens is 3. The highest BCUT2D eigenvalue weighted by Gasteiger charge is 2.04. The van der Waals surface area contributed by atoms with Gasteiger partial charge < -0.3 is 15.1 Å². The van der Waals surface area contributed by atoms with Crippen LogP contribution in [-0.4, -0.2) is 28.8 Å². The summed E-state index contributed by atoms with van der Waals surface area (Å²) >= 11 is 1.60. The summed E-state index contributed by atoms with van der Waals surface area (Å²) in [4.78, 5) is 4.18. The third-order valence-corrected chi connectivity index (χ3v) is 2.57. The molecule has 2 N–H and O–H groups in total. The molecule has 0 aromatic carbocycles. The fraction of sp³-hybridized carbons (Fsp3) is 0.444. The minimum absolute atomic E-state index is 0.459. The summed E-state index contributed by atoms with van der Waals surface area (Å²) in [5, 5.41) is 15.8. The van der Waals surface area contributed by atoms with Gasteiger partial charge in [0.2, 0.25) is 5.89 Å². The fourth-order valence-corrected chi connectivity index (χ4v) is 1.80. The Morgan fingerprint density at radius 3 is 3.12 bits per heavy atom. The van der Waals surface area contributed by atoms with Crippen LogP contribution in [0.25, 0.3) is 0 Å². The smallest absolute Gasteiger partial charge is 0.315 e. The van der Waals surface area contributed by atoms with Crippen LogP contribution in [-0.2, 0) is 13.0 Å². The maximum absolute atomic E-state index is 5.33. The van der Waals surface area contributed by atoms with Gasteiger partial charge in [0, 0.05) is 18.3 Å². The monoisotopic (exact) mass is 239 g/mol. The summed E-state index contributed by atoms with van der Waals surface area (Å²) in [5.74, 6) is 0.582. The Balaban J connectivity index is 1.76. The molecule has 2 aromatic rings. The van der Waals surface area contributed by atoms with E-state index >= 15 is 0 Å². The Morgan fingerprint density at radius 1 is 1.44 bits per heavy atom. The highest BCUT2D eigenvalue weighted by Crippen LogP contribution is 2.06. The van der Waals surface area contributed by atoms with Crippen molar-refractivity contribution in [2.75, 3.05) is 18.9 Å². The zero-order valence-corrected chi connectivity index (χ0v) is 9.75. The second-order valence-corrected chi connectivity index (χ2v) is 3.91. The Labute approximate surface area is 97.1 Å². The second-order valence-electron chi connectivity index (χ2n) is 3.19. The quantitative estimate of drug-likeness (QED) is 0.780. The third kappa shape index (κ3) is 3.01. The van der Waals surface area contributed by atoms with Crippen molar-refractivity contribution in [3.8, 4) is 0 Å². The summed E-state index contributed by atoms with van der Waals surface area (Å²) in [6, 6.07) is 0.459. The number of rotatable bonds is 6. The topological polar surface area (TPSA) is 75.9 Å². The maximum Gasteiger partial charge on any atom is 0.315 e. The van der Waals surface area contributed by atoms with Gasteiger partial charge in [-0.15, -0.1) is 16.4 Å². The Kier molecular flexibility index (Phi) is 3.84. The first kappa shape index (κ1) is 11.0. The van der Waals surface area contributed by atoms with Gasteiger partial charge >= 0.3 is 6.01 Å². The molecule has 0 unspecified atom stereocenters. The number of hydrogen-bond donors (Lipinski definition) is 2. The normalized spacial score (nSPS) is 10.6. The highest BCUT2D eigenvalue weighted by molar-refractivity contribution is 7.07. The van der Waals surface area contributed by atoms with Crippen molar-refractivity contribution in [2.24, 2.45) is 0 Å². The zero-order valence-electron chi connectivity index (χ0n) is 8.93. The Hall–Kier alpha value is -1.47. The van der Waals surface area contributed by atoms with E-state index in [-0.39, 0.29) is 0 Å². The number of anilines is 1. The van der Waals surface area contributed by atoms with Gasteiger partial charge in [-0.25, -0.2) is 4.98 Å².